The molecule has 100 valence electrons. The van der Waals surface area contributed by atoms with E-state index in [4.69, 9.17) is 9.15 Å². The van der Waals surface area contributed by atoms with Gasteiger partial charge in [-0.05, 0) is 25.1 Å². The Bertz CT molecular complexity index is 562. The van der Waals surface area contributed by atoms with Crippen LogP contribution in [0.5, 0.6) is 5.75 Å². The van der Waals surface area contributed by atoms with Gasteiger partial charge in [-0.3, -0.25) is 0 Å². The summed E-state index contributed by atoms with van der Waals surface area (Å²) in [5, 5.41) is 9.66. The van der Waals surface area contributed by atoms with E-state index in [-0.39, 0.29) is 11.7 Å². The lowest BCUT2D eigenvalue weighted by Gasteiger charge is -2.04. The quantitative estimate of drug-likeness (QED) is 0.670. The second-order valence-corrected chi connectivity index (χ2v) is 4.75. The third-order valence-corrected chi connectivity index (χ3v) is 3.53. The van der Waals surface area contributed by atoms with Gasteiger partial charge in [-0.25, -0.2) is 4.79 Å². The Labute approximate surface area is 115 Å². The Hall–Kier alpha value is -1.88. The molecule has 0 amide bonds. The predicted molar refractivity (Wildman–Crippen MR) is 72.3 cm³/mol. The number of hydrogen-bond acceptors (Lipinski definition) is 5. The number of carbonyl (C=O) groups excluding carboxylic acids is 1. The van der Waals surface area contributed by atoms with Crippen molar-refractivity contribution < 1.29 is 19.1 Å². The number of phenols is 1. The van der Waals surface area contributed by atoms with Gasteiger partial charge >= 0.3 is 5.97 Å². The lowest BCUT2D eigenvalue weighted by atomic mass is 10.3. The minimum Gasteiger partial charge on any atom is -0.507 e. The van der Waals surface area contributed by atoms with Crippen LogP contribution in [0.2, 0.25) is 0 Å². The number of phenolic OH excluding ortho intramolecular Hbond substituents is 1. The van der Waals surface area contributed by atoms with Crippen LogP contribution in [0.3, 0.4) is 0 Å². The van der Waals surface area contributed by atoms with Crippen molar-refractivity contribution in [3.63, 3.8) is 0 Å². The first-order chi connectivity index (χ1) is 9.22. The topological polar surface area (TPSA) is 59.7 Å². The predicted octanol–water partition coefficient (Wildman–Crippen LogP) is 3.45. The zero-order chi connectivity index (χ0) is 13.7. The molecule has 1 heterocycles. The van der Waals surface area contributed by atoms with Crippen molar-refractivity contribution in [2.45, 2.75) is 17.6 Å². The van der Waals surface area contributed by atoms with Crippen LogP contribution in [-0.2, 0) is 10.5 Å². The number of furan rings is 1. The van der Waals surface area contributed by atoms with Crippen molar-refractivity contribution in [2.75, 3.05) is 6.61 Å². The Morgan fingerprint density at radius 3 is 2.89 bits per heavy atom. The molecule has 0 unspecified atom stereocenters. The van der Waals surface area contributed by atoms with Crippen LogP contribution >= 0.6 is 11.8 Å². The summed E-state index contributed by atoms with van der Waals surface area (Å²) in [6, 6.07) is 8.63. The fourth-order valence-corrected chi connectivity index (χ4v) is 2.47. The molecule has 4 nitrogen and oxygen atoms in total. The van der Waals surface area contributed by atoms with E-state index in [9.17, 15) is 9.90 Å². The van der Waals surface area contributed by atoms with Crippen molar-refractivity contribution in [3.05, 3.63) is 47.9 Å². The molecule has 0 saturated heterocycles. The van der Waals surface area contributed by atoms with Crippen LogP contribution < -0.4 is 0 Å². The molecular weight excluding hydrogens is 264 g/mol. The normalized spacial score (nSPS) is 10.4. The van der Waals surface area contributed by atoms with E-state index < -0.39 is 0 Å². The first-order valence-corrected chi connectivity index (χ1v) is 6.85. The number of rotatable bonds is 5. The Balaban J connectivity index is 2.06. The van der Waals surface area contributed by atoms with Gasteiger partial charge in [0.2, 0.25) is 0 Å². The molecule has 0 radical (unpaired) electrons. The Morgan fingerprint density at radius 1 is 1.37 bits per heavy atom. The van der Waals surface area contributed by atoms with Crippen molar-refractivity contribution >= 4 is 17.7 Å². The number of para-hydroxylation sites is 1. The fraction of sp³-hybridized carbons (Fsp3) is 0.214. The lowest BCUT2D eigenvalue weighted by molar-refractivity contribution is 0.0524. The molecule has 0 aliphatic rings. The first-order valence-electron chi connectivity index (χ1n) is 5.86. The SMILES string of the molecule is CCOC(=O)c1ccoc1CSc1ccccc1O. The summed E-state index contributed by atoms with van der Waals surface area (Å²) in [7, 11) is 0. The maximum atomic E-state index is 11.7. The van der Waals surface area contributed by atoms with E-state index in [1.54, 1.807) is 25.1 Å². The molecule has 1 aromatic heterocycles. The maximum absolute atomic E-state index is 11.7. The van der Waals surface area contributed by atoms with Gasteiger partial charge in [0.25, 0.3) is 0 Å². The highest BCUT2D eigenvalue weighted by Gasteiger charge is 2.16. The number of carbonyl (C=O) groups is 1. The van der Waals surface area contributed by atoms with Gasteiger partial charge in [-0.2, -0.15) is 0 Å². The smallest absolute Gasteiger partial charge is 0.341 e. The third kappa shape index (κ3) is 3.32. The van der Waals surface area contributed by atoms with E-state index in [0.29, 0.717) is 23.7 Å². The summed E-state index contributed by atoms with van der Waals surface area (Å²) in [4.78, 5) is 12.4. The van der Waals surface area contributed by atoms with Crippen LogP contribution in [0.25, 0.3) is 0 Å². The molecule has 0 bridgehead atoms. The molecule has 0 atom stereocenters. The molecule has 0 saturated carbocycles. The number of ether oxygens (including phenoxy) is 1. The maximum Gasteiger partial charge on any atom is 0.341 e. The van der Waals surface area contributed by atoms with Gasteiger partial charge in [-0.15, -0.1) is 11.8 Å². The number of aromatic hydroxyl groups is 1. The van der Waals surface area contributed by atoms with E-state index >= 15 is 0 Å². The second kappa shape index (κ2) is 6.33. The van der Waals surface area contributed by atoms with Crippen LogP contribution in [0.4, 0.5) is 0 Å². The molecule has 2 aromatic rings. The molecule has 2 rings (SSSR count). The van der Waals surface area contributed by atoms with E-state index in [0.717, 1.165) is 4.90 Å². The molecule has 1 N–H and O–H groups in total. The Morgan fingerprint density at radius 2 is 2.16 bits per heavy atom. The van der Waals surface area contributed by atoms with Gasteiger partial charge in [0.15, 0.2) is 0 Å². The number of thioether (sulfide) groups is 1. The average molecular weight is 278 g/mol. The number of hydrogen-bond donors (Lipinski definition) is 1. The first kappa shape index (κ1) is 13.5. The highest BCUT2D eigenvalue weighted by molar-refractivity contribution is 7.98. The minimum absolute atomic E-state index is 0.219. The molecule has 19 heavy (non-hydrogen) atoms. The summed E-state index contributed by atoms with van der Waals surface area (Å²) in [6.07, 6.45) is 1.47. The molecule has 5 heteroatoms. The number of benzene rings is 1. The number of esters is 1. The van der Waals surface area contributed by atoms with E-state index in [2.05, 4.69) is 0 Å². The molecular formula is C14H14O4S. The Kier molecular flexibility index (Phi) is 4.52. The van der Waals surface area contributed by atoms with E-state index in [1.165, 1.54) is 18.0 Å². The van der Waals surface area contributed by atoms with Crippen LogP contribution in [0.1, 0.15) is 23.0 Å². The minimum atomic E-state index is -0.385. The second-order valence-electron chi connectivity index (χ2n) is 3.73. The summed E-state index contributed by atoms with van der Waals surface area (Å²) in [6.45, 7) is 2.09. The summed E-state index contributed by atoms with van der Waals surface area (Å²) in [5.74, 6) is 0.839. The summed E-state index contributed by atoms with van der Waals surface area (Å²) >= 11 is 1.40. The van der Waals surface area contributed by atoms with Gasteiger partial charge in [0, 0.05) is 4.90 Å². The van der Waals surface area contributed by atoms with Gasteiger partial charge in [0.05, 0.1) is 18.6 Å². The molecule has 0 aliphatic carbocycles. The monoisotopic (exact) mass is 278 g/mol. The van der Waals surface area contributed by atoms with Gasteiger partial charge in [-0.1, -0.05) is 12.1 Å². The largest absolute Gasteiger partial charge is 0.507 e. The van der Waals surface area contributed by atoms with Crippen molar-refractivity contribution in [3.8, 4) is 5.75 Å². The standard InChI is InChI=1S/C14H14O4S/c1-2-17-14(16)10-7-8-18-12(10)9-19-13-6-4-3-5-11(13)15/h3-8,15H,2,9H2,1H3. The highest BCUT2D eigenvalue weighted by Crippen LogP contribution is 2.31. The molecule has 0 spiro atoms. The van der Waals surface area contributed by atoms with Gasteiger partial charge in [0.1, 0.15) is 17.1 Å². The van der Waals surface area contributed by atoms with Crippen LogP contribution in [-0.4, -0.2) is 17.7 Å². The van der Waals surface area contributed by atoms with Crippen molar-refractivity contribution in [1.29, 1.82) is 0 Å². The molecule has 0 aliphatic heterocycles. The zero-order valence-corrected chi connectivity index (χ0v) is 11.3. The molecule has 0 fully saturated rings. The highest BCUT2D eigenvalue weighted by atomic mass is 32.2. The van der Waals surface area contributed by atoms with Crippen LogP contribution in [0, 0.1) is 0 Å². The molecule has 1 aromatic carbocycles. The fourth-order valence-electron chi connectivity index (χ4n) is 1.57. The summed E-state index contributed by atoms with van der Waals surface area (Å²) < 4.78 is 10.2. The lowest BCUT2D eigenvalue weighted by Crippen LogP contribution is -2.05. The van der Waals surface area contributed by atoms with Crippen molar-refractivity contribution in [1.82, 2.24) is 0 Å². The van der Waals surface area contributed by atoms with E-state index in [1.807, 2.05) is 12.1 Å². The van der Waals surface area contributed by atoms with Crippen LogP contribution in [0.15, 0.2) is 45.9 Å². The zero-order valence-electron chi connectivity index (χ0n) is 10.5. The average Bonchev–Trinajstić information content (AvgIpc) is 2.86. The summed E-state index contributed by atoms with van der Waals surface area (Å²) in [5.41, 5.74) is 0.435. The van der Waals surface area contributed by atoms with Crippen molar-refractivity contribution in [2.24, 2.45) is 0 Å². The third-order valence-electron chi connectivity index (χ3n) is 2.46. The van der Waals surface area contributed by atoms with Gasteiger partial charge < -0.3 is 14.3 Å².